The fourth-order valence-corrected chi connectivity index (χ4v) is 0.612. The van der Waals surface area contributed by atoms with Gasteiger partial charge in [0.1, 0.15) is 0 Å². The molecule has 0 rings (SSSR count). The molecule has 0 aromatic rings. The van der Waals surface area contributed by atoms with Gasteiger partial charge < -0.3 is 5.32 Å². The summed E-state index contributed by atoms with van der Waals surface area (Å²) < 4.78 is 0. The van der Waals surface area contributed by atoms with E-state index in [2.05, 4.69) is 11.9 Å². The Balaban J connectivity index is 0. The molecule has 0 bridgehead atoms. The lowest BCUT2D eigenvalue weighted by atomic mass is 10.3. The van der Waals surface area contributed by atoms with Crippen molar-refractivity contribution in [2.45, 2.75) is 33.6 Å². The summed E-state index contributed by atoms with van der Waals surface area (Å²) in [4.78, 5) is 10.9. The van der Waals surface area contributed by atoms with E-state index in [0.717, 1.165) is 6.42 Å². The minimum Gasteiger partial charge on any atom is -0.353 e. The van der Waals surface area contributed by atoms with E-state index in [9.17, 15) is 4.79 Å². The van der Waals surface area contributed by atoms with Crippen LogP contribution in [0.1, 0.15) is 33.6 Å². The van der Waals surface area contributed by atoms with E-state index in [0.29, 0.717) is 13.0 Å². The quantitative estimate of drug-likeness (QED) is 0.652. The molecule has 0 aliphatic carbocycles. The average molecular weight is 183 g/mol. The third-order valence-corrected chi connectivity index (χ3v) is 1.23. The number of rotatable bonds is 5. The number of carbonyl (C=O) groups is 1. The van der Waals surface area contributed by atoms with Gasteiger partial charge in [-0.3, -0.25) is 4.79 Å². The van der Waals surface area contributed by atoms with E-state index >= 15 is 0 Å². The zero-order chi connectivity index (χ0) is 10.5. The summed E-state index contributed by atoms with van der Waals surface area (Å²) in [5.74, 6) is 0.0861. The zero-order valence-corrected chi connectivity index (χ0v) is 8.97. The highest BCUT2D eigenvalue weighted by Crippen LogP contribution is 1.87. The summed E-state index contributed by atoms with van der Waals surface area (Å²) in [5, 5.41) is 2.74. The van der Waals surface area contributed by atoms with Gasteiger partial charge in [0.05, 0.1) is 0 Å². The molecule has 2 heteroatoms. The molecule has 1 amide bonds. The Morgan fingerprint density at radius 3 is 2.54 bits per heavy atom. The highest BCUT2D eigenvalue weighted by Gasteiger charge is 1.94. The van der Waals surface area contributed by atoms with Gasteiger partial charge in [-0.05, 0) is 13.3 Å². The first kappa shape index (κ1) is 14.5. The summed E-state index contributed by atoms with van der Waals surface area (Å²) in [6.07, 6.45) is 6.86. The maximum absolute atomic E-state index is 10.9. The van der Waals surface area contributed by atoms with Crippen LogP contribution in [0.15, 0.2) is 24.8 Å². The van der Waals surface area contributed by atoms with Gasteiger partial charge in [-0.2, -0.15) is 0 Å². The Morgan fingerprint density at radius 2 is 2.08 bits per heavy atom. The smallest absolute Gasteiger partial charge is 0.220 e. The first-order chi connectivity index (χ1) is 6.31. The third kappa shape index (κ3) is 13.9. The molecule has 0 atom stereocenters. The van der Waals surface area contributed by atoms with Crippen molar-refractivity contribution in [3.05, 3.63) is 24.8 Å². The molecular formula is C11H21NO. The molecule has 0 spiro atoms. The molecule has 0 aromatic heterocycles. The van der Waals surface area contributed by atoms with Crippen LogP contribution in [0, 0.1) is 0 Å². The van der Waals surface area contributed by atoms with Crippen molar-refractivity contribution in [2.75, 3.05) is 6.54 Å². The van der Waals surface area contributed by atoms with Crippen molar-refractivity contribution in [1.29, 1.82) is 0 Å². The van der Waals surface area contributed by atoms with Crippen LogP contribution in [-0.4, -0.2) is 12.5 Å². The fourth-order valence-electron chi connectivity index (χ4n) is 0.612. The first-order valence-electron chi connectivity index (χ1n) is 4.80. The lowest BCUT2D eigenvalue weighted by molar-refractivity contribution is -0.120. The second-order valence-electron chi connectivity index (χ2n) is 2.20. The van der Waals surface area contributed by atoms with Crippen LogP contribution >= 0.6 is 0 Å². The molecule has 0 fully saturated rings. The third-order valence-electron chi connectivity index (χ3n) is 1.23. The Hall–Kier alpha value is -1.05. The molecule has 0 aliphatic heterocycles. The molecule has 0 unspecified atom stereocenters. The van der Waals surface area contributed by atoms with Crippen molar-refractivity contribution < 1.29 is 4.79 Å². The standard InChI is InChI=1S/C9H15NO.C2H6/c1-3-5-7-9(11)10-8-6-4-2;1-2/h3-4,6H,1,5,7-8H2,2H3,(H,10,11);1-2H3/b6-4+;. The first-order valence-corrected chi connectivity index (χ1v) is 4.80. The topological polar surface area (TPSA) is 29.1 Å². The molecule has 0 heterocycles. The van der Waals surface area contributed by atoms with E-state index in [1.807, 2.05) is 32.9 Å². The summed E-state index contributed by atoms with van der Waals surface area (Å²) in [6, 6.07) is 0. The Bertz CT molecular complexity index is 150. The number of allylic oxidation sites excluding steroid dienone is 2. The van der Waals surface area contributed by atoms with Gasteiger partial charge in [0.2, 0.25) is 5.91 Å². The average Bonchev–Trinajstić information content (AvgIpc) is 2.18. The van der Waals surface area contributed by atoms with Crippen LogP contribution in [0.5, 0.6) is 0 Å². The van der Waals surface area contributed by atoms with Gasteiger partial charge in [-0.25, -0.2) is 0 Å². The van der Waals surface area contributed by atoms with Crippen LogP contribution < -0.4 is 5.32 Å². The van der Waals surface area contributed by atoms with Gasteiger partial charge in [0, 0.05) is 13.0 Å². The number of amides is 1. The molecule has 0 radical (unpaired) electrons. The summed E-state index contributed by atoms with van der Waals surface area (Å²) in [7, 11) is 0. The van der Waals surface area contributed by atoms with Crippen LogP contribution in [-0.2, 0) is 4.79 Å². The van der Waals surface area contributed by atoms with Crippen molar-refractivity contribution in [3.63, 3.8) is 0 Å². The lowest BCUT2D eigenvalue weighted by Crippen LogP contribution is -2.22. The predicted octanol–water partition coefficient (Wildman–Crippen LogP) is 2.67. The molecule has 2 nitrogen and oxygen atoms in total. The lowest BCUT2D eigenvalue weighted by Gasteiger charge is -1.98. The van der Waals surface area contributed by atoms with E-state index in [4.69, 9.17) is 0 Å². The Morgan fingerprint density at radius 1 is 1.46 bits per heavy atom. The summed E-state index contributed by atoms with van der Waals surface area (Å²) >= 11 is 0. The van der Waals surface area contributed by atoms with E-state index < -0.39 is 0 Å². The molecular weight excluding hydrogens is 162 g/mol. The second-order valence-corrected chi connectivity index (χ2v) is 2.20. The molecule has 0 aromatic carbocycles. The number of hydrogen-bond acceptors (Lipinski definition) is 1. The van der Waals surface area contributed by atoms with Crippen molar-refractivity contribution >= 4 is 5.91 Å². The Kier molecular flexibility index (Phi) is 15.1. The van der Waals surface area contributed by atoms with Crippen LogP contribution in [0.25, 0.3) is 0 Å². The van der Waals surface area contributed by atoms with Crippen molar-refractivity contribution in [3.8, 4) is 0 Å². The summed E-state index contributed by atoms with van der Waals surface area (Å²) in [6.45, 7) is 10.1. The van der Waals surface area contributed by atoms with Gasteiger partial charge in [0.15, 0.2) is 0 Å². The summed E-state index contributed by atoms with van der Waals surface area (Å²) in [5.41, 5.74) is 0. The molecule has 0 saturated carbocycles. The second kappa shape index (κ2) is 13.5. The van der Waals surface area contributed by atoms with Gasteiger partial charge >= 0.3 is 0 Å². The normalized spacial score (nSPS) is 8.85. The number of carbonyl (C=O) groups excluding carboxylic acids is 1. The molecule has 0 aliphatic rings. The predicted molar refractivity (Wildman–Crippen MR) is 58.6 cm³/mol. The highest BCUT2D eigenvalue weighted by molar-refractivity contribution is 5.76. The van der Waals surface area contributed by atoms with E-state index in [1.54, 1.807) is 6.08 Å². The highest BCUT2D eigenvalue weighted by atomic mass is 16.1. The minimum absolute atomic E-state index is 0.0861. The zero-order valence-electron chi connectivity index (χ0n) is 8.97. The van der Waals surface area contributed by atoms with Crippen molar-refractivity contribution in [1.82, 2.24) is 5.32 Å². The Labute approximate surface area is 81.7 Å². The minimum atomic E-state index is 0.0861. The maximum atomic E-state index is 10.9. The SMILES string of the molecule is C=CCCC(=O)NC/C=C/C.CC. The maximum Gasteiger partial charge on any atom is 0.220 e. The van der Waals surface area contributed by atoms with E-state index in [1.165, 1.54) is 0 Å². The molecule has 13 heavy (non-hydrogen) atoms. The number of nitrogens with one attached hydrogen (secondary N) is 1. The van der Waals surface area contributed by atoms with Gasteiger partial charge in [0.25, 0.3) is 0 Å². The van der Waals surface area contributed by atoms with E-state index in [-0.39, 0.29) is 5.91 Å². The van der Waals surface area contributed by atoms with Crippen LogP contribution in [0.3, 0.4) is 0 Å². The molecule has 76 valence electrons. The fraction of sp³-hybridized carbons (Fsp3) is 0.545. The molecule has 1 N–H and O–H groups in total. The number of hydrogen-bond donors (Lipinski definition) is 1. The monoisotopic (exact) mass is 183 g/mol. The van der Waals surface area contributed by atoms with Crippen LogP contribution in [0.2, 0.25) is 0 Å². The van der Waals surface area contributed by atoms with Crippen molar-refractivity contribution in [2.24, 2.45) is 0 Å². The van der Waals surface area contributed by atoms with Gasteiger partial charge in [-0.1, -0.05) is 32.1 Å². The molecule has 0 saturated heterocycles. The van der Waals surface area contributed by atoms with Gasteiger partial charge in [-0.15, -0.1) is 6.58 Å². The largest absolute Gasteiger partial charge is 0.353 e. The van der Waals surface area contributed by atoms with Crippen LogP contribution in [0.4, 0.5) is 0 Å².